The maximum Gasteiger partial charge on any atom is 0.242 e. The lowest BCUT2D eigenvalue weighted by atomic mass is 9.84. The van der Waals surface area contributed by atoms with Crippen LogP contribution in [0.4, 0.5) is 0 Å². The van der Waals surface area contributed by atoms with E-state index in [1.54, 1.807) is 22.7 Å². The highest BCUT2D eigenvalue weighted by Gasteiger charge is 2.44. The van der Waals surface area contributed by atoms with E-state index in [2.05, 4.69) is 18.5 Å². The normalized spacial score (nSPS) is 30.2. The summed E-state index contributed by atoms with van der Waals surface area (Å²) in [7, 11) is 0. The number of thioether (sulfide) groups is 1. The molecule has 5 heteroatoms. The SMILES string of the molecule is C=CCN1C(=O)C2C(=NC1=S)SC1=C2CCC(C)C1. The first-order valence-corrected chi connectivity index (χ1v) is 7.79. The van der Waals surface area contributed by atoms with Crippen LogP contribution in [0, 0.1) is 11.8 Å². The molecule has 1 amide bonds. The first-order chi connectivity index (χ1) is 9.11. The van der Waals surface area contributed by atoms with Crippen molar-refractivity contribution in [1.82, 2.24) is 4.90 Å². The minimum absolute atomic E-state index is 0.0851. The fourth-order valence-corrected chi connectivity index (χ4v) is 4.67. The first-order valence-electron chi connectivity index (χ1n) is 6.56. The second-order valence-electron chi connectivity index (χ2n) is 5.30. The summed E-state index contributed by atoms with van der Waals surface area (Å²) in [5, 5.41) is 1.28. The molecule has 19 heavy (non-hydrogen) atoms. The molecule has 3 nitrogen and oxygen atoms in total. The lowest BCUT2D eigenvalue weighted by Gasteiger charge is -2.29. The van der Waals surface area contributed by atoms with Crippen molar-refractivity contribution in [1.29, 1.82) is 0 Å². The molecule has 0 N–H and O–H groups in total. The van der Waals surface area contributed by atoms with E-state index in [1.807, 2.05) is 0 Å². The molecule has 2 unspecified atom stereocenters. The molecular formula is C14H16N2OS2. The molecule has 0 aromatic carbocycles. The van der Waals surface area contributed by atoms with E-state index in [1.165, 1.54) is 16.9 Å². The molecule has 0 spiro atoms. The van der Waals surface area contributed by atoms with Gasteiger partial charge in [0.1, 0.15) is 5.92 Å². The molecule has 0 saturated heterocycles. The number of carbonyl (C=O) groups is 1. The van der Waals surface area contributed by atoms with Gasteiger partial charge in [-0.3, -0.25) is 9.69 Å². The Morgan fingerprint density at radius 1 is 1.63 bits per heavy atom. The zero-order valence-electron chi connectivity index (χ0n) is 10.9. The summed E-state index contributed by atoms with van der Waals surface area (Å²) in [5.74, 6) is 0.638. The van der Waals surface area contributed by atoms with Crippen molar-refractivity contribution in [3.05, 3.63) is 23.1 Å². The molecule has 3 rings (SSSR count). The third-order valence-electron chi connectivity index (χ3n) is 3.88. The number of allylic oxidation sites excluding steroid dienone is 1. The monoisotopic (exact) mass is 292 g/mol. The van der Waals surface area contributed by atoms with E-state index in [0.29, 0.717) is 17.6 Å². The molecule has 0 radical (unpaired) electrons. The van der Waals surface area contributed by atoms with E-state index in [4.69, 9.17) is 12.2 Å². The molecule has 1 aliphatic carbocycles. The van der Waals surface area contributed by atoms with Crippen molar-refractivity contribution in [3.63, 3.8) is 0 Å². The summed E-state index contributed by atoms with van der Waals surface area (Å²) < 4.78 is 0. The zero-order chi connectivity index (χ0) is 13.6. The number of hydrogen-bond acceptors (Lipinski definition) is 3. The van der Waals surface area contributed by atoms with Crippen LogP contribution < -0.4 is 0 Å². The summed E-state index contributed by atoms with van der Waals surface area (Å²) >= 11 is 6.90. The Morgan fingerprint density at radius 3 is 3.16 bits per heavy atom. The summed E-state index contributed by atoms with van der Waals surface area (Å²) in [6.07, 6.45) is 4.97. The van der Waals surface area contributed by atoms with Gasteiger partial charge in [-0.25, -0.2) is 4.99 Å². The summed E-state index contributed by atoms with van der Waals surface area (Å²) in [6.45, 7) is 6.40. The molecule has 0 fully saturated rings. The number of rotatable bonds is 2. The number of thiocarbonyl (C=S) groups is 1. The number of carbonyl (C=O) groups excluding carboxylic acids is 1. The van der Waals surface area contributed by atoms with Gasteiger partial charge in [0.25, 0.3) is 0 Å². The quantitative estimate of drug-likeness (QED) is 0.579. The minimum Gasteiger partial charge on any atom is -0.283 e. The summed E-state index contributed by atoms with van der Waals surface area (Å²) in [6, 6.07) is 0. The van der Waals surface area contributed by atoms with E-state index in [-0.39, 0.29) is 11.8 Å². The molecule has 100 valence electrons. The van der Waals surface area contributed by atoms with Crippen molar-refractivity contribution < 1.29 is 4.79 Å². The maximum atomic E-state index is 12.6. The van der Waals surface area contributed by atoms with Gasteiger partial charge in [0.05, 0.1) is 5.04 Å². The van der Waals surface area contributed by atoms with Gasteiger partial charge < -0.3 is 0 Å². The van der Waals surface area contributed by atoms with Gasteiger partial charge >= 0.3 is 0 Å². The van der Waals surface area contributed by atoms with Crippen molar-refractivity contribution in [3.8, 4) is 0 Å². The predicted octanol–water partition coefficient (Wildman–Crippen LogP) is 3.14. The van der Waals surface area contributed by atoms with Crippen LogP contribution in [0.1, 0.15) is 26.2 Å². The number of fused-ring (bicyclic) bond motifs is 2. The van der Waals surface area contributed by atoms with E-state index in [0.717, 1.165) is 17.9 Å². The number of nitrogens with zero attached hydrogens (tertiary/aromatic N) is 2. The molecular weight excluding hydrogens is 276 g/mol. The number of hydrogen-bond donors (Lipinski definition) is 0. The zero-order valence-corrected chi connectivity index (χ0v) is 12.5. The molecule has 0 bridgehead atoms. The van der Waals surface area contributed by atoms with Crippen LogP contribution in [0.25, 0.3) is 0 Å². The van der Waals surface area contributed by atoms with Gasteiger partial charge in [0, 0.05) is 6.54 Å². The van der Waals surface area contributed by atoms with Gasteiger partial charge in [-0.15, -0.1) is 6.58 Å². The Bertz CT molecular complexity index is 536. The lowest BCUT2D eigenvalue weighted by Crippen LogP contribution is -2.45. The smallest absolute Gasteiger partial charge is 0.242 e. The average Bonchev–Trinajstić information content (AvgIpc) is 2.71. The third kappa shape index (κ3) is 2.09. The Morgan fingerprint density at radius 2 is 2.42 bits per heavy atom. The fourth-order valence-electron chi connectivity index (χ4n) is 2.88. The number of amides is 1. The third-order valence-corrected chi connectivity index (χ3v) is 5.41. The summed E-state index contributed by atoms with van der Waals surface area (Å²) in [4.78, 5) is 20.0. The molecule has 2 aliphatic heterocycles. The van der Waals surface area contributed by atoms with Crippen molar-refractivity contribution >= 4 is 40.0 Å². The molecule has 2 heterocycles. The highest BCUT2D eigenvalue weighted by Crippen LogP contribution is 2.49. The van der Waals surface area contributed by atoms with Crippen LogP contribution in [0.5, 0.6) is 0 Å². The average molecular weight is 292 g/mol. The standard InChI is InChI=1S/C14H16N2OS2/c1-3-6-16-13(17)11-9-5-4-8(2)7-10(9)19-12(11)15-14(16)18/h3,8,11H,1,4-7H2,2H3. The van der Waals surface area contributed by atoms with Gasteiger partial charge in [-0.2, -0.15) is 0 Å². The largest absolute Gasteiger partial charge is 0.283 e. The molecule has 0 saturated carbocycles. The van der Waals surface area contributed by atoms with Crippen LogP contribution in [0.15, 0.2) is 28.1 Å². The van der Waals surface area contributed by atoms with E-state index in [9.17, 15) is 4.79 Å². The first kappa shape index (κ1) is 13.1. The number of aliphatic imine (C=N–C) groups is 1. The van der Waals surface area contributed by atoms with Gasteiger partial charge in [0.15, 0.2) is 0 Å². The van der Waals surface area contributed by atoms with Crippen LogP contribution in [0.3, 0.4) is 0 Å². The molecule has 0 aromatic rings. The second kappa shape index (κ2) is 4.87. The fraction of sp³-hybridized carbons (Fsp3) is 0.500. The van der Waals surface area contributed by atoms with Crippen molar-refractivity contribution in [2.75, 3.05) is 6.54 Å². The summed E-state index contributed by atoms with van der Waals surface area (Å²) in [5.41, 5.74) is 1.29. The van der Waals surface area contributed by atoms with Crippen molar-refractivity contribution in [2.45, 2.75) is 26.2 Å². The maximum absolute atomic E-state index is 12.6. The Kier molecular flexibility index (Phi) is 3.35. The van der Waals surface area contributed by atoms with E-state index < -0.39 is 0 Å². The predicted molar refractivity (Wildman–Crippen MR) is 83.1 cm³/mol. The lowest BCUT2D eigenvalue weighted by molar-refractivity contribution is -0.128. The van der Waals surface area contributed by atoms with Gasteiger partial charge in [0.2, 0.25) is 11.0 Å². The Balaban J connectivity index is 1.96. The van der Waals surface area contributed by atoms with Gasteiger partial charge in [-0.05, 0) is 47.9 Å². The van der Waals surface area contributed by atoms with E-state index >= 15 is 0 Å². The Labute approximate surface area is 122 Å². The Hall–Kier alpha value is -0.940. The topological polar surface area (TPSA) is 32.7 Å². The molecule has 2 atom stereocenters. The van der Waals surface area contributed by atoms with Crippen molar-refractivity contribution in [2.24, 2.45) is 16.8 Å². The van der Waals surface area contributed by atoms with Gasteiger partial charge in [-0.1, -0.05) is 24.8 Å². The minimum atomic E-state index is -0.154. The highest BCUT2D eigenvalue weighted by molar-refractivity contribution is 8.17. The van der Waals surface area contributed by atoms with Crippen LogP contribution in [0.2, 0.25) is 0 Å². The molecule has 0 aromatic heterocycles. The van der Waals surface area contributed by atoms with Crippen LogP contribution in [-0.2, 0) is 4.79 Å². The van der Waals surface area contributed by atoms with Crippen LogP contribution in [-0.4, -0.2) is 27.5 Å². The highest BCUT2D eigenvalue weighted by atomic mass is 32.2. The second-order valence-corrected chi connectivity index (χ2v) is 6.78. The van der Waals surface area contributed by atoms with Crippen LogP contribution >= 0.6 is 24.0 Å². The molecule has 3 aliphatic rings.